The van der Waals surface area contributed by atoms with Crippen LogP contribution in [0.2, 0.25) is 0 Å². The zero-order chi connectivity index (χ0) is 15.4. The van der Waals surface area contributed by atoms with Gasteiger partial charge in [0.15, 0.2) is 0 Å². The first-order chi connectivity index (χ1) is 10.7. The highest BCUT2D eigenvalue weighted by Crippen LogP contribution is 2.21. The Morgan fingerprint density at radius 3 is 2.91 bits per heavy atom. The molecule has 1 N–H and O–H groups in total. The van der Waals surface area contributed by atoms with Gasteiger partial charge >= 0.3 is 0 Å². The van der Waals surface area contributed by atoms with E-state index < -0.39 is 0 Å². The van der Waals surface area contributed by atoms with Crippen molar-refractivity contribution in [3.05, 3.63) is 63.5 Å². The Balaban J connectivity index is 1.71. The predicted molar refractivity (Wildman–Crippen MR) is 92.5 cm³/mol. The van der Waals surface area contributed by atoms with Gasteiger partial charge in [-0.3, -0.25) is 4.79 Å². The van der Waals surface area contributed by atoms with Crippen molar-refractivity contribution in [2.45, 2.75) is 12.8 Å². The van der Waals surface area contributed by atoms with Crippen LogP contribution in [0.4, 0.5) is 5.69 Å². The maximum atomic E-state index is 12.1. The van der Waals surface area contributed by atoms with E-state index >= 15 is 0 Å². The second-order valence-corrected chi connectivity index (χ2v) is 6.50. The van der Waals surface area contributed by atoms with Gasteiger partial charge in [-0.2, -0.15) is 16.4 Å². The van der Waals surface area contributed by atoms with Gasteiger partial charge in [0, 0.05) is 12.6 Å². The van der Waals surface area contributed by atoms with E-state index in [2.05, 4.69) is 31.7 Å². The van der Waals surface area contributed by atoms with E-state index in [1.807, 2.05) is 41.9 Å². The maximum Gasteiger partial charge on any atom is 0.224 e. The average Bonchev–Trinajstić information content (AvgIpc) is 3.17. The molecular formula is C16H14BrN3OS. The predicted octanol–water partition coefficient (Wildman–Crippen LogP) is 4.27. The van der Waals surface area contributed by atoms with Gasteiger partial charge in [-0.05, 0) is 56.9 Å². The summed E-state index contributed by atoms with van der Waals surface area (Å²) >= 11 is 5.03. The first-order valence-corrected chi connectivity index (χ1v) is 8.56. The fraction of sp³-hybridized carbons (Fsp3) is 0.125. The van der Waals surface area contributed by atoms with Gasteiger partial charge in [0.25, 0.3) is 0 Å². The molecule has 2 heterocycles. The molecule has 6 heteroatoms. The summed E-state index contributed by atoms with van der Waals surface area (Å²) in [6, 6.07) is 9.68. The number of para-hydroxylation sites is 2. The summed E-state index contributed by atoms with van der Waals surface area (Å²) in [6.07, 6.45) is 4.80. The third-order valence-corrected chi connectivity index (χ3v) is 4.34. The number of nitrogens with zero attached hydrogens (tertiary/aromatic N) is 2. The van der Waals surface area contributed by atoms with Crippen LogP contribution in [0.15, 0.2) is 58.0 Å². The normalized spacial score (nSPS) is 10.6. The van der Waals surface area contributed by atoms with Crippen LogP contribution in [0.3, 0.4) is 0 Å². The number of carbonyl (C=O) groups excluding carboxylic acids is 1. The van der Waals surface area contributed by atoms with Crippen molar-refractivity contribution in [2.24, 2.45) is 0 Å². The molecule has 0 unspecified atom stereocenters. The Morgan fingerprint density at radius 2 is 2.18 bits per heavy atom. The van der Waals surface area contributed by atoms with Crippen LogP contribution < -0.4 is 5.32 Å². The van der Waals surface area contributed by atoms with Crippen molar-refractivity contribution in [3.63, 3.8) is 0 Å². The SMILES string of the molecule is O=C(CCc1ccsc1)Nc1ccccc1-n1cc(Br)cn1. The van der Waals surface area contributed by atoms with Crippen LogP contribution in [0, 0.1) is 0 Å². The highest BCUT2D eigenvalue weighted by atomic mass is 79.9. The van der Waals surface area contributed by atoms with Crippen LogP contribution in [-0.2, 0) is 11.2 Å². The van der Waals surface area contributed by atoms with Crippen molar-refractivity contribution < 1.29 is 4.79 Å². The molecule has 112 valence electrons. The molecule has 3 rings (SSSR count). The Hall–Kier alpha value is -1.92. The Labute approximate surface area is 140 Å². The highest BCUT2D eigenvalue weighted by Gasteiger charge is 2.09. The molecule has 0 radical (unpaired) electrons. The Kier molecular flexibility index (Phi) is 4.70. The molecule has 0 spiro atoms. The first kappa shape index (κ1) is 15.0. The number of carbonyl (C=O) groups is 1. The lowest BCUT2D eigenvalue weighted by atomic mass is 10.2. The number of nitrogens with one attached hydrogen (secondary N) is 1. The minimum atomic E-state index is 0.00451. The number of aromatic nitrogens is 2. The van der Waals surface area contributed by atoms with Gasteiger partial charge < -0.3 is 5.32 Å². The zero-order valence-corrected chi connectivity index (χ0v) is 14.1. The van der Waals surface area contributed by atoms with Crippen LogP contribution in [0.5, 0.6) is 0 Å². The number of hydrogen-bond donors (Lipinski definition) is 1. The number of anilines is 1. The zero-order valence-electron chi connectivity index (χ0n) is 11.7. The number of benzene rings is 1. The minimum Gasteiger partial charge on any atom is -0.324 e. The van der Waals surface area contributed by atoms with E-state index in [1.165, 1.54) is 5.56 Å². The van der Waals surface area contributed by atoms with Crippen molar-refractivity contribution >= 4 is 38.9 Å². The van der Waals surface area contributed by atoms with E-state index in [9.17, 15) is 4.79 Å². The fourth-order valence-corrected chi connectivity index (χ4v) is 3.11. The number of rotatable bonds is 5. The fourth-order valence-electron chi connectivity index (χ4n) is 2.12. The number of halogens is 1. The van der Waals surface area contributed by atoms with Gasteiger partial charge in [-0.25, -0.2) is 4.68 Å². The molecule has 0 saturated carbocycles. The molecule has 0 atom stereocenters. The number of thiophene rings is 1. The molecule has 0 aliphatic rings. The lowest BCUT2D eigenvalue weighted by Gasteiger charge is -2.10. The van der Waals surface area contributed by atoms with Gasteiger partial charge in [0.05, 0.1) is 22.0 Å². The lowest BCUT2D eigenvalue weighted by molar-refractivity contribution is -0.116. The van der Waals surface area contributed by atoms with Crippen molar-refractivity contribution in [2.75, 3.05) is 5.32 Å². The quantitative estimate of drug-likeness (QED) is 0.723. The highest BCUT2D eigenvalue weighted by molar-refractivity contribution is 9.10. The van der Waals surface area contributed by atoms with Crippen molar-refractivity contribution in [1.29, 1.82) is 0 Å². The smallest absolute Gasteiger partial charge is 0.224 e. The summed E-state index contributed by atoms with van der Waals surface area (Å²) in [5, 5.41) is 11.3. The molecule has 4 nitrogen and oxygen atoms in total. The summed E-state index contributed by atoms with van der Waals surface area (Å²) in [5.41, 5.74) is 2.80. The second kappa shape index (κ2) is 6.89. The molecule has 22 heavy (non-hydrogen) atoms. The average molecular weight is 376 g/mol. The summed E-state index contributed by atoms with van der Waals surface area (Å²) in [7, 11) is 0. The summed E-state index contributed by atoms with van der Waals surface area (Å²) < 4.78 is 2.63. The van der Waals surface area contributed by atoms with Crippen molar-refractivity contribution in [3.8, 4) is 5.69 Å². The molecule has 0 aliphatic heterocycles. The third-order valence-electron chi connectivity index (χ3n) is 3.20. The molecule has 1 amide bonds. The molecule has 3 aromatic rings. The lowest BCUT2D eigenvalue weighted by Crippen LogP contribution is -2.14. The molecule has 0 bridgehead atoms. The summed E-state index contributed by atoms with van der Waals surface area (Å²) in [6.45, 7) is 0. The largest absolute Gasteiger partial charge is 0.324 e. The van der Waals surface area contributed by atoms with Crippen molar-refractivity contribution in [1.82, 2.24) is 9.78 Å². The summed E-state index contributed by atoms with van der Waals surface area (Å²) in [5.74, 6) is 0.00451. The molecule has 0 fully saturated rings. The van der Waals surface area contributed by atoms with Gasteiger partial charge in [-0.15, -0.1) is 0 Å². The topological polar surface area (TPSA) is 46.9 Å². The van der Waals surface area contributed by atoms with E-state index in [0.29, 0.717) is 6.42 Å². The van der Waals surface area contributed by atoms with E-state index in [1.54, 1.807) is 22.2 Å². The maximum absolute atomic E-state index is 12.1. The van der Waals surface area contributed by atoms with Crippen LogP contribution >= 0.6 is 27.3 Å². The molecular weight excluding hydrogens is 362 g/mol. The molecule has 1 aromatic carbocycles. The standard InChI is InChI=1S/C16H14BrN3OS/c17-13-9-18-20(10-13)15-4-2-1-3-14(15)19-16(21)6-5-12-7-8-22-11-12/h1-4,7-11H,5-6H2,(H,19,21). The van der Waals surface area contributed by atoms with E-state index in [4.69, 9.17) is 0 Å². The van der Waals surface area contributed by atoms with Gasteiger partial charge in [0.2, 0.25) is 5.91 Å². The van der Waals surface area contributed by atoms with Crippen LogP contribution in [0.25, 0.3) is 5.69 Å². The first-order valence-electron chi connectivity index (χ1n) is 6.83. The Morgan fingerprint density at radius 1 is 1.32 bits per heavy atom. The summed E-state index contributed by atoms with van der Waals surface area (Å²) in [4.78, 5) is 12.1. The van der Waals surface area contributed by atoms with E-state index in [0.717, 1.165) is 22.3 Å². The van der Waals surface area contributed by atoms with Crippen LogP contribution in [0.1, 0.15) is 12.0 Å². The van der Waals surface area contributed by atoms with Gasteiger partial charge in [0.1, 0.15) is 0 Å². The van der Waals surface area contributed by atoms with E-state index in [-0.39, 0.29) is 5.91 Å². The van der Waals surface area contributed by atoms with Gasteiger partial charge in [-0.1, -0.05) is 12.1 Å². The number of amides is 1. The number of hydrogen-bond acceptors (Lipinski definition) is 3. The second-order valence-electron chi connectivity index (χ2n) is 4.80. The molecule has 2 aromatic heterocycles. The molecule has 0 saturated heterocycles. The van der Waals surface area contributed by atoms with Crippen LogP contribution in [-0.4, -0.2) is 15.7 Å². The third kappa shape index (κ3) is 3.64. The minimum absolute atomic E-state index is 0.00451. The number of aryl methyl sites for hydroxylation is 1. The molecule has 0 aliphatic carbocycles. The monoisotopic (exact) mass is 375 g/mol. The Bertz CT molecular complexity index is 767.